The zero-order valence-corrected chi connectivity index (χ0v) is 19.6. The van der Waals surface area contributed by atoms with Crippen LogP contribution in [0.25, 0.3) is 0 Å². The van der Waals surface area contributed by atoms with Crippen molar-refractivity contribution in [3.05, 3.63) is 65.2 Å². The van der Waals surface area contributed by atoms with E-state index < -0.39 is 35.9 Å². The zero-order valence-electron chi connectivity index (χ0n) is 19.6. The van der Waals surface area contributed by atoms with Crippen molar-refractivity contribution in [2.45, 2.75) is 24.9 Å². The maximum Gasteiger partial charge on any atom is 0.315 e. The number of halogens is 2. The number of para-hydroxylation sites is 1. The Morgan fingerprint density at radius 2 is 1.67 bits per heavy atom. The summed E-state index contributed by atoms with van der Waals surface area (Å²) in [7, 11) is 2.73. The van der Waals surface area contributed by atoms with E-state index in [4.69, 9.17) is 9.94 Å². The van der Waals surface area contributed by atoms with Crippen LogP contribution in [0.2, 0.25) is 0 Å². The Kier molecular flexibility index (Phi) is 9.78. The van der Waals surface area contributed by atoms with Crippen LogP contribution in [0, 0.1) is 23.7 Å². The fourth-order valence-corrected chi connectivity index (χ4v) is 2.98. The van der Waals surface area contributed by atoms with E-state index in [-0.39, 0.29) is 5.56 Å². The summed E-state index contributed by atoms with van der Waals surface area (Å²) in [4.78, 5) is 36.5. The highest BCUT2D eigenvalue weighted by Crippen LogP contribution is 2.21. The number of carbonyl (C=O) groups is 3. The minimum atomic E-state index is -3.29. The summed E-state index contributed by atoms with van der Waals surface area (Å²) < 4.78 is 32.9. The van der Waals surface area contributed by atoms with Crippen molar-refractivity contribution >= 4 is 17.8 Å². The van der Waals surface area contributed by atoms with Gasteiger partial charge in [0.15, 0.2) is 0 Å². The quantitative estimate of drug-likeness (QED) is 0.225. The number of rotatable bonds is 7. The zero-order chi connectivity index (χ0) is 26.7. The van der Waals surface area contributed by atoms with E-state index >= 15 is 0 Å². The van der Waals surface area contributed by atoms with Gasteiger partial charge in [-0.15, -0.1) is 0 Å². The van der Waals surface area contributed by atoms with E-state index in [2.05, 4.69) is 34.3 Å². The number of methoxy groups -OCH3 is 1. The second-order valence-corrected chi connectivity index (χ2v) is 7.45. The average Bonchev–Trinajstić information content (AvgIpc) is 2.89. The van der Waals surface area contributed by atoms with Crippen molar-refractivity contribution in [2.75, 3.05) is 14.2 Å². The molecule has 2 unspecified atom stereocenters. The first-order valence-corrected chi connectivity index (χ1v) is 10.4. The molecule has 2 atom stereocenters. The number of nitrogens with one attached hydrogen (secondary N) is 4. The number of hydrogen-bond donors (Lipinski definition) is 5. The van der Waals surface area contributed by atoms with Crippen molar-refractivity contribution in [3.63, 3.8) is 0 Å². The molecule has 0 radical (unpaired) electrons. The number of amides is 4. The lowest BCUT2D eigenvalue weighted by molar-refractivity contribution is -0.135. The normalized spacial score (nSPS) is 12.4. The molecule has 2 aromatic carbocycles. The molecular formula is C25H24F2N4O5. The van der Waals surface area contributed by atoms with Crippen LogP contribution in [0.3, 0.4) is 0 Å². The Balaban J connectivity index is 2.20. The molecule has 0 aliphatic rings. The van der Waals surface area contributed by atoms with Gasteiger partial charge in [-0.1, -0.05) is 18.1 Å². The lowest BCUT2D eigenvalue weighted by Gasteiger charge is -2.36. The average molecular weight is 498 g/mol. The molecule has 36 heavy (non-hydrogen) atoms. The van der Waals surface area contributed by atoms with E-state index in [1.807, 2.05) is 17.4 Å². The highest BCUT2D eigenvalue weighted by Gasteiger charge is 2.48. The summed E-state index contributed by atoms with van der Waals surface area (Å²) in [6.07, 6.45) is -3.29. The number of hydrogen-bond acceptors (Lipinski definition) is 5. The molecule has 2 aromatic rings. The Labute approximate surface area is 206 Å². The number of benzene rings is 2. The molecule has 4 amide bonds. The van der Waals surface area contributed by atoms with Gasteiger partial charge in [-0.3, -0.25) is 14.8 Å². The fourth-order valence-electron chi connectivity index (χ4n) is 2.98. The summed E-state index contributed by atoms with van der Waals surface area (Å²) in [5.74, 6) is 9.44. The second-order valence-electron chi connectivity index (χ2n) is 7.45. The number of ether oxygens (including phenoxy) is 1. The highest BCUT2D eigenvalue weighted by atomic mass is 19.3. The van der Waals surface area contributed by atoms with Gasteiger partial charge in [0.25, 0.3) is 18.2 Å². The molecule has 0 aromatic heterocycles. The minimum absolute atomic E-state index is 0.0213. The molecular weight excluding hydrogens is 474 g/mol. The molecule has 0 aliphatic carbocycles. The second kappa shape index (κ2) is 12.7. The van der Waals surface area contributed by atoms with Crippen molar-refractivity contribution in [1.29, 1.82) is 0 Å². The summed E-state index contributed by atoms with van der Waals surface area (Å²) >= 11 is 0. The molecule has 5 N–H and O–H groups in total. The largest absolute Gasteiger partial charge is 0.495 e. The van der Waals surface area contributed by atoms with Crippen LogP contribution >= 0.6 is 0 Å². The van der Waals surface area contributed by atoms with E-state index in [1.54, 1.807) is 12.1 Å². The standard InChI is InChI=1S/C25H24F2N4O5/c1-25(23(26)27,30-24(34)28-2)20(22(33)31-35)29-21(32)18-14-12-16(13-15-18)8-4-5-9-17-10-6-7-11-19(17)36-3/h6-7,10-15,20,23,35H,1-3H3,(H,29,32)(H,31,33)(H2,28,30,34). The molecule has 0 spiro atoms. The van der Waals surface area contributed by atoms with E-state index in [0.29, 0.717) is 16.9 Å². The lowest BCUT2D eigenvalue weighted by Crippen LogP contribution is -2.69. The number of hydroxylamine groups is 1. The first-order chi connectivity index (χ1) is 17.2. The van der Waals surface area contributed by atoms with Gasteiger partial charge in [0.05, 0.1) is 12.7 Å². The SMILES string of the molecule is CNC(=O)NC(C)(C(F)F)C(NC(=O)c1ccc(C#CC#Cc2ccccc2OC)cc1)C(=O)NO. The van der Waals surface area contributed by atoms with Crippen LogP contribution in [0.4, 0.5) is 13.6 Å². The maximum atomic E-state index is 13.8. The Bertz CT molecular complexity index is 1230. The third-order valence-electron chi connectivity index (χ3n) is 5.03. The first kappa shape index (κ1) is 27.6. The summed E-state index contributed by atoms with van der Waals surface area (Å²) in [6.45, 7) is 0.859. The molecule has 11 heteroatoms. The third kappa shape index (κ3) is 6.95. The molecule has 188 valence electrons. The fraction of sp³-hybridized carbons (Fsp3) is 0.240. The molecule has 2 rings (SSSR count). The number of carbonyl (C=O) groups excluding carboxylic acids is 3. The number of urea groups is 1. The third-order valence-corrected chi connectivity index (χ3v) is 5.03. The Morgan fingerprint density at radius 3 is 2.25 bits per heavy atom. The minimum Gasteiger partial charge on any atom is -0.495 e. The summed E-state index contributed by atoms with van der Waals surface area (Å²) in [5, 5.41) is 15.2. The highest BCUT2D eigenvalue weighted by molar-refractivity contribution is 5.98. The van der Waals surface area contributed by atoms with Crippen LogP contribution in [0.15, 0.2) is 48.5 Å². The molecule has 9 nitrogen and oxygen atoms in total. The van der Waals surface area contributed by atoms with Gasteiger partial charge >= 0.3 is 6.03 Å². The van der Waals surface area contributed by atoms with Gasteiger partial charge in [-0.25, -0.2) is 19.1 Å². The molecule has 0 aliphatic heterocycles. The topological polar surface area (TPSA) is 129 Å². The monoisotopic (exact) mass is 498 g/mol. The molecule has 0 heterocycles. The number of alkyl halides is 2. The van der Waals surface area contributed by atoms with Gasteiger partial charge in [0.1, 0.15) is 17.3 Å². The van der Waals surface area contributed by atoms with E-state index in [9.17, 15) is 23.2 Å². The van der Waals surface area contributed by atoms with Crippen LogP contribution in [0.5, 0.6) is 5.75 Å². The summed E-state index contributed by atoms with van der Waals surface area (Å²) in [6, 6.07) is 9.90. The van der Waals surface area contributed by atoms with Crippen molar-refractivity contribution in [3.8, 4) is 29.4 Å². The van der Waals surface area contributed by atoms with Gasteiger partial charge < -0.3 is 20.7 Å². The van der Waals surface area contributed by atoms with Crippen molar-refractivity contribution in [1.82, 2.24) is 21.4 Å². The van der Waals surface area contributed by atoms with Crippen LogP contribution in [-0.4, -0.2) is 55.2 Å². The first-order valence-electron chi connectivity index (χ1n) is 10.4. The molecule has 0 bridgehead atoms. The predicted molar refractivity (Wildman–Crippen MR) is 126 cm³/mol. The van der Waals surface area contributed by atoms with Crippen molar-refractivity contribution in [2.24, 2.45) is 0 Å². The predicted octanol–water partition coefficient (Wildman–Crippen LogP) is 1.66. The van der Waals surface area contributed by atoms with Crippen LogP contribution < -0.4 is 26.2 Å². The van der Waals surface area contributed by atoms with E-state index in [1.165, 1.54) is 43.9 Å². The summed E-state index contributed by atoms with van der Waals surface area (Å²) in [5.41, 5.74) is -0.105. The lowest BCUT2D eigenvalue weighted by atomic mass is 9.91. The molecule has 0 saturated heterocycles. The maximum absolute atomic E-state index is 13.8. The van der Waals surface area contributed by atoms with Crippen molar-refractivity contribution < 1.29 is 33.1 Å². The Hall–Kier alpha value is -4.61. The van der Waals surface area contributed by atoms with Crippen LogP contribution in [0.1, 0.15) is 28.4 Å². The van der Waals surface area contributed by atoms with E-state index in [0.717, 1.165) is 6.92 Å². The van der Waals surface area contributed by atoms with Gasteiger partial charge in [-0.2, -0.15) is 0 Å². The molecule has 0 fully saturated rings. The smallest absolute Gasteiger partial charge is 0.315 e. The molecule has 0 saturated carbocycles. The van der Waals surface area contributed by atoms with Gasteiger partial charge in [-0.05, 0) is 61.1 Å². The van der Waals surface area contributed by atoms with Gasteiger partial charge in [0, 0.05) is 18.2 Å². The Morgan fingerprint density at radius 1 is 1.03 bits per heavy atom. The van der Waals surface area contributed by atoms with Gasteiger partial charge in [0.2, 0.25) is 0 Å². The van der Waals surface area contributed by atoms with Crippen LogP contribution in [-0.2, 0) is 4.79 Å².